The molecule has 0 saturated carbocycles. The number of amides is 2. The zero-order chi connectivity index (χ0) is 16.0. The highest BCUT2D eigenvalue weighted by molar-refractivity contribution is 7.91. The van der Waals surface area contributed by atoms with Gasteiger partial charge in [0, 0.05) is 12.5 Å². The molecule has 1 aliphatic rings. The van der Waals surface area contributed by atoms with Gasteiger partial charge in [0.05, 0.1) is 11.5 Å². The van der Waals surface area contributed by atoms with Crippen molar-refractivity contribution in [3.05, 3.63) is 0 Å². The van der Waals surface area contributed by atoms with E-state index in [1.165, 1.54) is 0 Å². The number of nitrogens with one attached hydrogen (secondary N) is 2. The zero-order valence-corrected chi connectivity index (χ0v) is 12.1. The van der Waals surface area contributed by atoms with Crippen LogP contribution in [0.5, 0.6) is 0 Å². The van der Waals surface area contributed by atoms with Gasteiger partial charge in [-0.15, -0.1) is 0 Å². The molecule has 2 atom stereocenters. The standard InChI is InChI=1S/C11H18N2O7S/c14-9(15)4-3-8(10(16)17)13-11(18)12-7-2-1-5-21(19,20)6-7/h7-8H,1-6H2,(H,14,15)(H,16,17)(H2,12,13,18). The smallest absolute Gasteiger partial charge is 0.326 e. The minimum absolute atomic E-state index is 0.0865. The summed E-state index contributed by atoms with van der Waals surface area (Å²) in [5, 5.41) is 21.9. The second-order valence-corrected chi connectivity index (χ2v) is 7.12. The number of carbonyl (C=O) groups is 3. The minimum atomic E-state index is -3.18. The lowest BCUT2D eigenvalue weighted by Crippen LogP contribution is -2.51. The van der Waals surface area contributed by atoms with Crippen LogP contribution >= 0.6 is 0 Å². The fraction of sp³-hybridized carbons (Fsp3) is 0.727. The number of hydrogen-bond donors (Lipinski definition) is 4. The van der Waals surface area contributed by atoms with Gasteiger partial charge in [0.1, 0.15) is 6.04 Å². The maximum Gasteiger partial charge on any atom is 0.326 e. The van der Waals surface area contributed by atoms with Gasteiger partial charge < -0.3 is 20.8 Å². The number of sulfone groups is 1. The van der Waals surface area contributed by atoms with Gasteiger partial charge in [0.2, 0.25) is 0 Å². The maximum atomic E-state index is 11.7. The Bertz CT molecular complexity index is 517. The first-order chi connectivity index (χ1) is 9.69. The number of aliphatic carboxylic acids is 2. The molecule has 1 heterocycles. The van der Waals surface area contributed by atoms with E-state index < -0.39 is 46.3 Å². The van der Waals surface area contributed by atoms with Gasteiger partial charge in [-0.05, 0) is 19.3 Å². The summed E-state index contributed by atoms with van der Waals surface area (Å²) in [7, 11) is -3.18. The molecule has 1 fully saturated rings. The van der Waals surface area contributed by atoms with Crippen LogP contribution in [0.25, 0.3) is 0 Å². The van der Waals surface area contributed by atoms with Crippen molar-refractivity contribution in [3.63, 3.8) is 0 Å². The Balaban J connectivity index is 2.50. The summed E-state index contributed by atoms with van der Waals surface area (Å²) in [4.78, 5) is 33.0. The van der Waals surface area contributed by atoms with Crippen LogP contribution in [0.2, 0.25) is 0 Å². The third-order valence-corrected chi connectivity index (χ3v) is 4.87. The lowest BCUT2D eigenvalue weighted by atomic mass is 10.1. The number of urea groups is 1. The summed E-state index contributed by atoms with van der Waals surface area (Å²) in [5.74, 6) is -2.60. The number of carboxylic acid groups (broad SMARTS) is 2. The zero-order valence-electron chi connectivity index (χ0n) is 11.2. The first-order valence-corrected chi connectivity index (χ1v) is 8.24. The molecule has 0 radical (unpaired) electrons. The van der Waals surface area contributed by atoms with Crippen molar-refractivity contribution in [2.24, 2.45) is 0 Å². The van der Waals surface area contributed by atoms with E-state index in [9.17, 15) is 22.8 Å². The number of hydrogen-bond acceptors (Lipinski definition) is 5. The van der Waals surface area contributed by atoms with Crippen LogP contribution in [0.1, 0.15) is 25.7 Å². The van der Waals surface area contributed by atoms with Crippen LogP contribution in [0.3, 0.4) is 0 Å². The first-order valence-electron chi connectivity index (χ1n) is 6.41. The van der Waals surface area contributed by atoms with E-state index >= 15 is 0 Å². The van der Waals surface area contributed by atoms with E-state index in [1.54, 1.807) is 0 Å². The van der Waals surface area contributed by atoms with Gasteiger partial charge in [-0.1, -0.05) is 0 Å². The normalized spacial score (nSPS) is 22.0. The third kappa shape index (κ3) is 6.43. The second kappa shape index (κ2) is 7.25. The molecule has 1 saturated heterocycles. The van der Waals surface area contributed by atoms with Crippen LogP contribution in [0.15, 0.2) is 0 Å². The van der Waals surface area contributed by atoms with Crippen molar-refractivity contribution in [1.82, 2.24) is 10.6 Å². The van der Waals surface area contributed by atoms with Gasteiger partial charge in [0.25, 0.3) is 0 Å². The third-order valence-electron chi connectivity index (χ3n) is 3.05. The predicted molar refractivity (Wildman–Crippen MR) is 71.6 cm³/mol. The highest BCUT2D eigenvalue weighted by Gasteiger charge is 2.27. The van der Waals surface area contributed by atoms with E-state index in [0.29, 0.717) is 12.8 Å². The lowest BCUT2D eigenvalue weighted by Gasteiger charge is -2.24. The molecule has 2 unspecified atom stereocenters. The average molecular weight is 322 g/mol. The van der Waals surface area contributed by atoms with Gasteiger partial charge in [-0.3, -0.25) is 4.79 Å². The molecule has 0 aromatic rings. The molecule has 1 rings (SSSR count). The molecule has 0 spiro atoms. The lowest BCUT2D eigenvalue weighted by molar-refractivity contribution is -0.140. The van der Waals surface area contributed by atoms with Crippen molar-refractivity contribution in [2.45, 2.75) is 37.8 Å². The summed E-state index contributed by atoms with van der Waals surface area (Å²) < 4.78 is 22.8. The van der Waals surface area contributed by atoms with Crippen molar-refractivity contribution >= 4 is 27.8 Å². The Morgan fingerprint density at radius 1 is 1.24 bits per heavy atom. The first kappa shape index (κ1) is 17.2. The van der Waals surface area contributed by atoms with Gasteiger partial charge in [-0.2, -0.15) is 0 Å². The Kier molecular flexibility index (Phi) is 5.94. The molecule has 0 aromatic heterocycles. The monoisotopic (exact) mass is 322 g/mol. The molecular formula is C11H18N2O7S. The summed E-state index contributed by atoms with van der Waals surface area (Å²) in [5.41, 5.74) is 0. The fourth-order valence-electron chi connectivity index (χ4n) is 2.05. The van der Waals surface area contributed by atoms with E-state index in [1.807, 2.05) is 0 Å². The summed E-state index contributed by atoms with van der Waals surface area (Å²) in [6.07, 6.45) is 0.296. The van der Waals surface area contributed by atoms with Crippen LogP contribution in [0.4, 0.5) is 4.79 Å². The van der Waals surface area contributed by atoms with E-state index in [0.717, 1.165) is 0 Å². The van der Waals surface area contributed by atoms with E-state index in [2.05, 4.69) is 10.6 Å². The Morgan fingerprint density at radius 2 is 1.90 bits per heavy atom. The van der Waals surface area contributed by atoms with Crippen LogP contribution in [-0.4, -0.2) is 60.2 Å². The largest absolute Gasteiger partial charge is 0.481 e. The summed E-state index contributed by atoms with van der Waals surface area (Å²) >= 11 is 0. The Labute approximate surface area is 121 Å². The van der Waals surface area contributed by atoms with Crippen LogP contribution < -0.4 is 10.6 Å². The van der Waals surface area contributed by atoms with Crippen molar-refractivity contribution in [1.29, 1.82) is 0 Å². The van der Waals surface area contributed by atoms with E-state index in [4.69, 9.17) is 10.2 Å². The molecule has 4 N–H and O–H groups in total. The van der Waals surface area contributed by atoms with Gasteiger partial charge >= 0.3 is 18.0 Å². The molecule has 1 aliphatic heterocycles. The fourth-order valence-corrected chi connectivity index (χ4v) is 3.68. The summed E-state index contributed by atoms with van der Waals surface area (Å²) in [6.45, 7) is 0. The molecule has 0 aliphatic carbocycles. The SMILES string of the molecule is O=C(O)CCC(NC(=O)NC1CCCS(=O)(=O)C1)C(=O)O. The maximum absolute atomic E-state index is 11.7. The molecule has 2 amide bonds. The van der Waals surface area contributed by atoms with E-state index in [-0.39, 0.29) is 17.9 Å². The van der Waals surface area contributed by atoms with Gasteiger partial charge in [-0.25, -0.2) is 18.0 Å². The quantitative estimate of drug-likeness (QED) is 0.499. The molecular weight excluding hydrogens is 304 g/mol. The average Bonchev–Trinajstić information content (AvgIpc) is 2.32. The highest BCUT2D eigenvalue weighted by Crippen LogP contribution is 2.11. The molecule has 10 heteroatoms. The minimum Gasteiger partial charge on any atom is -0.481 e. The highest BCUT2D eigenvalue weighted by atomic mass is 32.2. The van der Waals surface area contributed by atoms with Crippen molar-refractivity contribution < 1.29 is 33.0 Å². The van der Waals surface area contributed by atoms with Crippen molar-refractivity contribution in [2.75, 3.05) is 11.5 Å². The second-order valence-electron chi connectivity index (χ2n) is 4.89. The predicted octanol–water partition coefficient (Wildman–Crippen LogP) is -0.819. The topological polar surface area (TPSA) is 150 Å². The number of rotatable bonds is 6. The Hall–Kier alpha value is -1.84. The van der Waals surface area contributed by atoms with Crippen LogP contribution in [-0.2, 0) is 19.4 Å². The number of carboxylic acids is 2. The molecule has 0 bridgehead atoms. The Morgan fingerprint density at radius 3 is 2.43 bits per heavy atom. The molecule has 9 nitrogen and oxygen atoms in total. The summed E-state index contributed by atoms with van der Waals surface area (Å²) in [6, 6.07) is -2.70. The molecule has 21 heavy (non-hydrogen) atoms. The molecule has 120 valence electrons. The molecule has 0 aromatic carbocycles. The van der Waals surface area contributed by atoms with Crippen molar-refractivity contribution in [3.8, 4) is 0 Å². The number of carbonyl (C=O) groups excluding carboxylic acids is 1. The van der Waals surface area contributed by atoms with Crippen LogP contribution in [0, 0.1) is 0 Å². The van der Waals surface area contributed by atoms with Gasteiger partial charge in [0.15, 0.2) is 9.84 Å².